The maximum atomic E-state index is 12.7. The summed E-state index contributed by atoms with van der Waals surface area (Å²) in [7, 11) is 0. The molecule has 4 amide bonds. The van der Waals surface area contributed by atoms with Crippen molar-refractivity contribution in [2.75, 3.05) is 6.61 Å². The van der Waals surface area contributed by atoms with E-state index in [4.69, 9.17) is 4.74 Å². The second kappa shape index (κ2) is 8.63. The molecule has 1 saturated heterocycles. The van der Waals surface area contributed by atoms with E-state index in [0.29, 0.717) is 30.2 Å². The van der Waals surface area contributed by atoms with Crippen LogP contribution in [0.5, 0.6) is 0 Å². The van der Waals surface area contributed by atoms with Crippen molar-refractivity contribution in [3.63, 3.8) is 0 Å². The number of carbonyl (C=O) groups is 4. The number of benzene rings is 1. The molecule has 0 aromatic heterocycles. The van der Waals surface area contributed by atoms with E-state index in [9.17, 15) is 19.2 Å². The molecule has 1 saturated carbocycles. The fourth-order valence-corrected chi connectivity index (χ4v) is 3.93. The first-order valence-corrected chi connectivity index (χ1v) is 10.0. The monoisotopic (exact) mass is 401 g/mol. The van der Waals surface area contributed by atoms with Crippen molar-refractivity contribution in [2.24, 2.45) is 5.92 Å². The van der Waals surface area contributed by atoms with Crippen LogP contribution in [0.15, 0.2) is 30.3 Å². The van der Waals surface area contributed by atoms with E-state index in [0.717, 1.165) is 18.4 Å². The van der Waals surface area contributed by atoms with E-state index >= 15 is 0 Å². The molecule has 3 rings (SSSR count). The summed E-state index contributed by atoms with van der Waals surface area (Å²) < 4.78 is 5.12. The summed E-state index contributed by atoms with van der Waals surface area (Å²) >= 11 is 0. The van der Waals surface area contributed by atoms with Crippen molar-refractivity contribution in [1.29, 1.82) is 0 Å². The highest BCUT2D eigenvalue weighted by atomic mass is 16.5. The van der Waals surface area contributed by atoms with Gasteiger partial charge in [-0.05, 0) is 43.6 Å². The molecular weight excluding hydrogens is 374 g/mol. The summed E-state index contributed by atoms with van der Waals surface area (Å²) in [6.45, 7) is 3.40. The normalized spacial score (nSPS) is 24.9. The number of amides is 4. The van der Waals surface area contributed by atoms with Crippen molar-refractivity contribution in [3.8, 4) is 0 Å². The van der Waals surface area contributed by atoms with E-state index in [2.05, 4.69) is 17.7 Å². The Morgan fingerprint density at radius 2 is 1.90 bits per heavy atom. The molecule has 2 aliphatic rings. The maximum absolute atomic E-state index is 12.7. The molecule has 1 aromatic carbocycles. The summed E-state index contributed by atoms with van der Waals surface area (Å²) in [6, 6.07) is 8.52. The number of esters is 1. The first kappa shape index (κ1) is 20.8. The van der Waals surface area contributed by atoms with Gasteiger partial charge in [0.2, 0.25) is 0 Å². The molecule has 2 fully saturated rings. The summed E-state index contributed by atoms with van der Waals surface area (Å²) in [5.41, 5.74) is 2.14. The lowest BCUT2D eigenvalue weighted by Gasteiger charge is -2.33. The van der Waals surface area contributed by atoms with E-state index < -0.39 is 41.9 Å². The third-order valence-corrected chi connectivity index (χ3v) is 5.77. The quantitative estimate of drug-likeness (QED) is 0.562. The van der Waals surface area contributed by atoms with Gasteiger partial charge in [-0.1, -0.05) is 44.2 Å². The van der Waals surface area contributed by atoms with Crippen LogP contribution in [-0.4, -0.2) is 41.0 Å². The van der Waals surface area contributed by atoms with Crippen molar-refractivity contribution in [3.05, 3.63) is 35.9 Å². The number of rotatable bonds is 6. The highest BCUT2D eigenvalue weighted by Gasteiger charge is 2.52. The lowest BCUT2D eigenvalue weighted by atomic mass is 9.77. The predicted octanol–water partition coefficient (Wildman–Crippen LogP) is 2.26. The van der Waals surface area contributed by atoms with E-state index in [-0.39, 0.29) is 0 Å². The van der Waals surface area contributed by atoms with Gasteiger partial charge in [-0.15, -0.1) is 0 Å². The van der Waals surface area contributed by atoms with Gasteiger partial charge in [0, 0.05) is 0 Å². The molecule has 1 aromatic rings. The highest BCUT2D eigenvalue weighted by molar-refractivity contribution is 6.08. The van der Waals surface area contributed by atoms with Crippen LogP contribution in [0.4, 0.5) is 4.79 Å². The molecular formula is C21H27N3O5. The van der Waals surface area contributed by atoms with Gasteiger partial charge in [0.1, 0.15) is 5.54 Å². The van der Waals surface area contributed by atoms with E-state index in [1.807, 2.05) is 37.3 Å². The van der Waals surface area contributed by atoms with Crippen molar-refractivity contribution < 1.29 is 23.9 Å². The lowest BCUT2D eigenvalue weighted by Crippen LogP contribution is -2.52. The first-order valence-electron chi connectivity index (χ1n) is 10.0. The van der Waals surface area contributed by atoms with Crippen LogP contribution in [0, 0.1) is 5.92 Å². The molecule has 1 heterocycles. The zero-order valence-electron chi connectivity index (χ0n) is 16.8. The van der Waals surface area contributed by atoms with Gasteiger partial charge < -0.3 is 10.1 Å². The van der Waals surface area contributed by atoms with Gasteiger partial charge in [0.25, 0.3) is 11.8 Å². The van der Waals surface area contributed by atoms with Crippen LogP contribution in [0.25, 0.3) is 0 Å². The zero-order valence-corrected chi connectivity index (χ0v) is 16.8. The average molecular weight is 401 g/mol. The summed E-state index contributed by atoms with van der Waals surface area (Å²) in [4.78, 5) is 49.5. The van der Waals surface area contributed by atoms with Crippen LogP contribution >= 0.6 is 0 Å². The van der Waals surface area contributed by atoms with Crippen LogP contribution in [0.2, 0.25) is 0 Å². The zero-order chi connectivity index (χ0) is 21.0. The van der Waals surface area contributed by atoms with E-state index in [1.165, 1.54) is 0 Å². The van der Waals surface area contributed by atoms with Gasteiger partial charge in [0.05, 0.1) is 5.92 Å². The molecule has 0 bridgehead atoms. The minimum atomic E-state index is -0.936. The van der Waals surface area contributed by atoms with Crippen molar-refractivity contribution in [2.45, 2.75) is 57.4 Å². The highest BCUT2D eigenvalue weighted by Crippen LogP contribution is 2.35. The number of urea groups is 1. The van der Waals surface area contributed by atoms with Crippen LogP contribution in [-0.2, 0) is 19.1 Å². The Labute approximate surface area is 169 Å². The Morgan fingerprint density at radius 3 is 2.52 bits per heavy atom. The molecule has 2 N–H and O–H groups in total. The number of ether oxygens (including phenoxy) is 1. The number of hydrazine groups is 1. The first-order chi connectivity index (χ1) is 13.9. The number of hydrogen-bond donors (Lipinski definition) is 2. The predicted molar refractivity (Wildman–Crippen MR) is 104 cm³/mol. The Balaban J connectivity index is 1.55. The average Bonchev–Trinajstić information content (AvgIpc) is 2.94. The lowest BCUT2D eigenvalue weighted by molar-refractivity contribution is -0.152. The Hall–Kier alpha value is -2.90. The molecule has 1 spiro atoms. The molecule has 0 radical (unpaired) electrons. The minimum Gasteiger partial charge on any atom is -0.455 e. The Bertz CT molecular complexity index is 787. The fraction of sp³-hybridized carbons (Fsp3) is 0.524. The number of nitrogens with zero attached hydrogens (tertiary/aromatic N) is 1. The summed E-state index contributed by atoms with van der Waals surface area (Å²) in [6.07, 6.45) is 3.30. The standard InChI is InChI=1S/C21H27N3O5/c1-3-16(15-7-5-4-6-8-15)18(26)29-13-17(25)23-24-19(27)21(22-20(24)28)11-9-14(2)10-12-21/h4-8,14,16H,3,9-13H2,1-2H3,(H,22,28)(H,23,25)/t14?,16-,21?/m1/s1. The number of carbonyl (C=O) groups excluding carboxylic acids is 4. The largest absolute Gasteiger partial charge is 0.455 e. The van der Waals surface area contributed by atoms with E-state index in [1.54, 1.807) is 0 Å². The molecule has 29 heavy (non-hydrogen) atoms. The SMILES string of the molecule is CC[C@@H](C(=O)OCC(=O)NN1C(=O)NC2(CCC(C)CC2)C1=O)c1ccccc1. The van der Waals surface area contributed by atoms with Crippen LogP contribution < -0.4 is 10.7 Å². The Kier molecular flexibility index (Phi) is 6.20. The minimum absolute atomic E-state index is 0.454. The third-order valence-electron chi connectivity index (χ3n) is 5.77. The topological polar surface area (TPSA) is 105 Å². The van der Waals surface area contributed by atoms with Crippen molar-refractivity contribution in [1.82, 2.24) is 15.8 Å². The molecule has 156 valence electrons. The number of imide groups is 1. The number of hydrogen-bond acceptors (Lipinski definition) is 5. The fourth-order valence-electron chi connectivity index (χ4n) is 3.93. The molecule has 1 atom stereocenters. The van der Waals surface area contributed by atoms with Crippen LogP contribution in [0.3, 0.4) is 0 Å². The molecule has 0 unspecified atom stereocenters. The van der Waals surface area contributed by atoms with Gasteiger partial charge in [-0.3, -0.25) is 19.8 Å². The number of nitrogens with one attached hydrogen (secondary N) is 2. The second-order valence-electron chi connectivity index (χ2n) is 7.85. The van der Waals surface area contributed by atoms with Gasteiger partial charge >= 0.3 is 12.0 Å². The molecule has 8 nitrogen and oxygen atoms in total. The summed E-state index contributed by atoms with van der Waals surface area (Å²) in [5, 5.41) is 3.43. The molecule has 1 aliphatic carbocycles. The van der Waals surface area contributed by atoms with Crippen LogP contribution in [0.1, 0.15) is 57.4 Å². The smallest absolute Gasteiger partial charge is 0.344 e. The van der Waals surface area contributed by atoms with Gasteiger partial charge in [-0.2, -0.15) is 5.01 Å². The van der Waals surface area contributed by atoms with Crippen molar-refractivity contribution >= 4 is 23.8 Å². The maximum Gasteiger partial charge on any atom is 0.344 e. The molecule has 8 heteroatoms. The summed E-state index contributed by atoms with van der Waals surface area (Å²) in [5.74, 6) is -1.68. The van der Waals surface area contributed by atoms with Gasteiger partial charge in [-0.25, -0.2) is 4.79 Å². The third kappa shape index (κ3) is 4.41. The molecule has 1 aliphatic heterocycles. The van der Waals surface area contributed by atoms with Gasteiger partial charge in [0.15, 0.2) is 6.61 Å². The second-order valence-corrected chi connectivity index (χ2v) is 7.85. The Morgan fingerprint density at radius 1 is 1.24 bits per heavy atom.